The summed E-state index contributed by atoms with van der Waals surface area (Å²) in [6.07, 6.45) is 2.09. The Balaban J connectivity index is 1.90. The van der Waals surface area contributed by atoms with Crippen molar-refractivity contribution >= 4 is 17.5 Å². The van der Waals surface area contributed by atoms with Gasteiger partial charge in [-0.05, 0) is 37.1 Å². The minimum absolute atomic E-state index is 0.260. The molecule has 1 amide bonds. The fraction of sp³-hybridized carbons (Fsp3) is 0.200. The summed E-state index contributed by atoms with van der Waals surface area (Å²) in [6, 6.07) is 7.84. The quantitative estimate of drug-likeness (QED) is 0.940. The Bertz CT molecular complexity index is 614. The molecule has 0 saturated heterocycles. The number of halogens is 2. The minimum Gasteiger partial charge on any atom is -0.352 e. The smallest absolute Gasteiger partial charge is 0.254 e. The van der Waals surface area contributed by atoms with Gasteiger partial charge in [0.2, 0.25) is 0 Å². The van der Waals surface area contributed by atoms with Gasteiger partial charge in [0.15, 0.2) is 0 Å². The molecule has 0 unspecified atom stereocenters. The highest BCUT2D eigenvalue weighted by atomic mass is 35.5. The Hall–Kier alpha value is -1.94. The van der Waals surface area contributed by atoms with Gasteiger partial charge in [0.25, 0.3) is 5.91 Å². The largest absolute Gasteiger partial charge is 0.352 e. The molecule has 0 saturated carbocycles. The zero-order chi connectivity index (χ0) is 14.5. The van der Waals surface area contributed by atoms with Crippen LogP contribution in [0.25, 0.3) is 0 Å². The van der Waals surface area contributed by atoms with Crippen molar-refractivity contribution in [2.45, 2.75) is 13.3 Å². The van der Waals surface area contributed by atoms with Crippen LogP contribution in [0.15, 0.2) is 36.5 Å². The number of nitrogens with one attached hydrogen (secondary N) is 1. The van der Waals surface area contributed by atoms with E-state index < -0.39 is 0 Å². The Morgan fingerprint density at radius 1 is 1.35 bits per heavy atom. The molecule has 2 rings (SSSR count). The number of hydrogen-bond donors (Lipinski definition) is 1. The number of carbonyl (C=O) groups excluding carboxylic acids is 1. The zero-order valence-electron chi connectivity index (χ0n) is 11.0. The predicted octanol–water partition coefficient (Wildman–Crippen LogP) is 3.16. The number of carbonyl (C=O) groups is 1. The molecule has 20 heavy (non-hydrogen) atoms. The molecule has 0 bridgehead atoms. The second-order valence-electron chi connectivity index (χ2n) is 4.44. The van der Waals surface area contributed by atoms with Crippen molar-refractivity contribution in [1.82, 2.24) is 10.3 Å². The number of hydrogen-bond acceptors (Lipinski definition) is 2. The van der Waals surface area contributed by atoms with Gasteiger partial charge in [0.05, 0.1) is 10.6 Å². The van der Waals surface area contributed by atoms with Crippen LogP contribution in [-0.4, -0.2) is 17.4 Å². The highest BCUT2D eigenvalue weighted by Gasteiger charge is 2.10. The van der Waals surface area contributed by atoms with Crippen LogP contribution < -0.4 is 5.32 Å². The Morgan fingerprint density at radius 3 is 2.70 bits per heavy atom. The van der Waals surface area contributed by atoms with Gasteiger partial charge in [0, 0.05) is 18.4 Å². The molecule has 5 heteroatoms. The molecule has 0 aliphatic carbocycles. The average Bonchev–Trinajstić information content (AvgIpc) is 2.41. The number of pyridine rings is 1. The highest BCUT2D eigenvalue weighted by Crippen LogP contribution is 2.15. The van der Waals surface area contributed by atoms with E-state index >= 15 is 0 Å². The SMILES string of the molecule is Cc1cc(Cl)c(C(=O)NCCc2ccc(F)cc2)cn1. The molecule has 3 nitrogen and oxygen atoms in total. The maximum absolute atomic E-state index is 12.7. The third kappa shape index (κ3) is 3.78. The Morgan fingerprint density at radius 2 is 2.05 bits per heavy atom. The molecule has 0 fully saturated rings. The molecule has 2 aromatic rings. The van der Waals surface area contributed by atoms with E-state index in [1.165, 1.54) is 18.3 Å². The van der Waals surface area contributed by atoms with Crippen LogP contribution in [0, 0.1) is 12.7 Å². The average molecular weight is 293 g/mol. The summed E-state index contributed by atoms with van der Waals surface area (Å²) in [4.78, 5) is 16.0. The van der Waals surface area contributed by atoms with Crippen molar-refractivity contribution in [1.29, 1.82) is 0 Å². The third-order valence-electron chi connectivity index (χ3n) is 2.85. The van der Waals surface area contributed by atoms with E-state index in [4.69, 9.17) is 11.6 Å². The predicted molar refractivity (Wildman–Crippen MR) is 76.4 cm³/mol. The highest BCUT2D eigenvalue weighted by molar-refractivity contribution is 6.33. The molecule has 0 radical (unpaired) electrons. The van der Waals surface area contributed by atoms with E-state index in [0.29, 0.717) is 23.6 Å². The zero-order valence-corrected chi connectivity index (χ0v) is 11.7. The summed E-state index contributed by atoms with van der Waals surface area (Å²) in [6.45, 7) is 2.26. The van der Waals surface area contributed by atoms with Crippen LogP contribution in [0.5, 0.6) is 0 Å². The summed E-state index contributed by atoms with van der Waals surface area (Å²) in [5.41, 5.74) is 2.08. The van der Waals surface area contributed by atoms with Gasteiger partial charge in [-0.15, -0.1) is 0 Å². The number of rotatable bonds is 4. The maximum atomic E-state index is 12.7. The van der Waals surface area contributed by atoms with Gasteiger partial charge >= 0.3 is 0 Å². The van der Waals surface area contributed by atoms with Crippen molar-refractivity contribution in [2.75, 3.05) is 6.54 Å². The summed E-state index contributed by atoms with van der Waals surface area (Å²) < 4.78 is 12.7. The number of aryl methyl sites for hydroxylation is 1. The van der Waals surface area contributed by atoms with Gasteiger partial charge in [-0.1, -0.05) is 23.7 Å². The summed E-state index contributed by atoms with van der Waals surface area (Å²) >= 11 is 6.00. The van der Waals surface area contributed by atoms with E-state index in [-0.39, 0.29) is 11.7 Å². The molecule has 0 aliphatic heterocycles. The van der Waals surface area contributed by atoms with Gasteiger partial charge < -0.3 is 5.32 Å². The molecule has 0 aliphatic rings. The van der Waals surface area contributed by atoms with Crippen molar-refractivity contribution in [3.63, 3.8) is 0 Å². The van der Waals surface area contributed by atoms with Gasteiger partial charge in [-0.2, -0.15) is 0 Å². The lowest BCUT2D eigenvalue weighted by Crippen LogP contribution is -2.26. The van der Waals surface area contributed by atoms with Gasteiger partial charge in [-0.3, -0.25) is 9.78 Å². The first kappa shape index (κ1) is 14.5. The van der Waals surface area contributed by atoms with Crippen molar-refractivity contribution in [2.24, 2.45) is 0 Å². The second kappa shape index (κ2) is 6.48. The Labute approximate surface area is 121 Å². The number of amides is 1. The Kier molecular flexibility index (Phi) is 4.69. The lowest BCUT2D eigenvalue weighted by Gasteiger charge is -2.07. The first-order chi connectivity index (χ1) is 9.56. The van der Waals surface area contributed by atoms with Crippen molar-refractivity contribution in [3.8, 4) is 0 Å². The summed E-state index contributed by atoms with van der Waals surface area (Å²) in [7, 11) is 0. The standard InChI is InChI=1S/C15H14ClFN2O/c1-10-8-14(16)13(9-19-10)15(20)18-7-6-11-2-4-12(17)5-3-11/h2-5,8-9H,6-7H2,1H3,(H,18,20). The number of benzene rings is 1. The summed E-state index contributed by atoms with van der Waals surface area (Å²) in [5.74, 6) is -0.528. The van der Waals surface area contributed by atoms with E-state index in [2.05, 4.69) is 10.3 Å². The van der Waals surface area contributed by atoms with Crippen LogP contribution in [0.4, 0.5) is 4.39 Å². The van der Waals surface area contributed by atoms with Crippen LogP contribution in [0.2, 0.25) is 5.02 Å². The fourth-order valence-electron chi connectivity index (χ4n) is 1.76. The van der Waals surface area contributed by atoms with Crippen LogP contribution in [-0.2, 0) is 6.42 Å². The van der Waals surface area contributed by atoms with Crippen LogP contribution in [0.1, 0.15) is 21.6 Å². The van der Waals surface area contributed by atoms with Crippen molar-refractivity contribution in [3.05, 3.63) is 64.2 Å². The fourth-order valence-corrected chi connectivity index (χ4v) is 2.05. The molecule has 1 aromatic carbocycles. The molecule has 1 heterocycles. The van der Waals surface area contributed by atoms with E-state index in [9.17, 15) is 9.18 Å². The molecule has 1 N–H and O–H groups in total. The summed E-state index contributed by atoms with van der Waals surface area (Å²) in [5, 5.41) is 3.15. The van der Waals surface area contributed by atoms with E-state index in [1.807, 2.05) is 6.92 Å². The normalized spacial score (nSPS) is 10.3. The second-order valence-corrected chi connectivity index (χ2v) is 4.85. The molecular formula is C15H14ClFN2O. The molecule has 104 valence electrons. The van der Waals surface area contributed by atoms with Crippen molar-refractivity contribution < 1.29 is 9.18 Å². The lowest BCUT2D eigenvalue weighted by atomic mass is 10.1. The van der Waals surface area contributed by atoms with Crippen LogP contribution >= 0.6 is 11.6 Å². The molecular weight excluding hydrogens is 279 g/mol. The minimum atomic E-state index is -0.268. The van der Waals surface area contributed by atoms with Crippen LogP contribution in [0.3, 0.4) is 0 Å². The third-order valence-corrected chi connectivity index (χ3v) is 3.16. The lowest BCUT2D eigenvalue weighted by molar-refractivity contribution is 0.0954. The maximum Gasteiger partial charge on any atom is 0.254 e. The first-order valence-electron chi connectivity index (χ1n) is 6.21. The van der Waals surface area contributed by atoms with E-state index in [0.717, 1.165) is 11.3 Å². The number of aromatic nitrogens is 1. The van der Waals surface area contributed by atoms with Gasteiger partial charge in [0.1, 0.15) is 5.82 Å². The first-order valence-corrected chi connectivity index (χ1v) is 6.59. The molecule has 0 spiro atoms. The monoisotopic (exact) mass is 292 g/mol. The van der Waals surface area contributed by atoms with Gasteiger partial charge in [-0.25, -0.2) is 4.39 Å². The molecule has 1 aromatic heterocycles. The molecule has 0 atom stereocenters. The topological polar surface area (TPSA) is 42.0 Å². The number of nitrogens with zero attached hydrogens (tertiary/aromatic N) is 1. The van der Waals surface area contributed by atoms with E-state index in [1.54, 1.807) is 18.2 Å².